The largest absolute Gasteiger partial charge is 0.394 e. The van der Waals surface area contributed by atoms with Crippen molar-refractivity contribution in [3.05, 3.63) is 17.7 Å². The second kappa shape index (κ2) is 7.23. The maximum atomic E-state index is 12.1. The Kier molecular flexibility index (Phi) is 5.51. The van der Waals surface area contributed by atoms with Crippen molar-refractivity contribution in [3.63, 3.8) is 0 Å². The second-order valence-electron chi connectivity index (χ2n) is 5.23. The molecule has 0 bridgehead atoms. The average Bonchev–Trinajstić information content (AvgIpc) is 3.03. The first-order valence-electron chi connectivity index (χ1n) is 7.18. The Morgan fingerprint density at radius 2 is 1.79 bits per heavy atom. The predicted octanol–water partition coefficient (Wildman–Crippen LogP) is -3.43. The van der Waals surface area contributed by atoms with Crippen LogP contribution in [0.25, 0.3) is 0 Å². The molecule has 0 saturated carbocycles. The molecule has 1 aliphatic rings. The smallest absolute Gasteiger partial charge is 0.272 e. The molecule has 0 aliphatic carbocycles. The number of amides is 2. The van der Waals surface area contributed by atoms with Crippen LogP contribution in [0.2, 0.25) is 0 Å². The number of nitrogens with one attached hydrogen (secondary N) is 2. The quantitative estimate of drug-likeness (QED) is 0.328. The molecule has 0 radical (unpaired) electrons. The number of ether oxygens (including phenoxy) is 1. The molecule has 1 aromatic heterocycles. The van der Waals surface area contributed by atoms with E-state index in [1.807, 2.05) is 0 Å². The van der Waals surface area contributed by atoms with Gasteiger partial charge in [-0.25, -0.2) is 4.98 Å². The Balaban J connectivity index is 2.49. The van der Waals surface area contributed by atoms with Gasteiger partial charge in [0, 0.05) is 14.1 Å². The van der Waals surface area contributed by atoms with Gasteiger partial charge in [0.1, 0.15) is 30.1 Å². The lowest BCUT2D eigenvalue weighted by molar-refractivity contribution is -0.251. The van der Waals surface area contributed by atoms with Crippen molar-refractivity contribution in [1.82, 2.24) is 20.2 Å². The molecule has 11 heteroatoms. The van der Waals surface area contributed by atoms with Gasteiger partial charge in [0.2, 0.25) is 0 Å². The second-order valence-corrected chi connectivity index (χ2v) is 5.23. The molecule has 1 aliphatic heterocycles. The van der Waals surface area contributed by atoms with Crippen molar-refractivity contribution in [1.29, 1.82) is 0 Å². The fraction of sp³-hybridized carbons (Fsp3) is 0.615. The number of aliphatic hydroxyl groups is 4. The first-order chi connectivity index (χ1) is 11.4. The Morgan fingerprint density at radius 1 is 1.17 bits per heavy atom. The Hall–Kier alpha value is -2.05. The van der Waals surface area contributed by atoms with Crippen LogP contribution in [-0.2, 0) is 4.74 Å². The van der Waals surface area contributed by atoms with Crippen molar-refractivity contribution >= 4 is 11.8 Å². The van der Waals surface area contributed by atoms with E-state index < -0.39 is 49.1 Å². The molecule has 24 heavy (non-hydrogen) atoms. The predicted molar refractivity (Wildman–Crippen MR) is 78.0 cm³/mol. The van der Waals surface area contributed by atoms with Crippen LogP contribution in [-0.4, -0.2) is 86.9 Å². The summed E-state index contributed by atoms with van der Waals surface area (Å²) in [6.45, 7) is -0.617. The molecule has 1 saturated heterocycles. The molecule has 0 spiro atoms. The lowest BCUT2D eigenvalue weighted by atomic mass is 9.98. The normalized spacial score (nSPS) is 30.0. The molecule has 2 rings (SSSR count). The van der Waals surface area contributed by atoms with Gasteiger partial charge in [-0.15, -0.1) is 0 Å². The molecule has 2 amide bonds. The summed E-state index contributed by atoms with van der Waals surface area (Å²) < 4.78 is 6.46. The van der Waals surface area contributed by atoms with Crippen LogP contribution in [0, 0.1) is 0 Å². The van der Waals surface area contributed by atoms with Gasteiger partial charge in [-0.1, -0.05) is 0 Å². The van der Waals surface area contributed by atoms with Crippen molar-refractivity contribution in [2.45, 2.75) is 30.6 Å². The lowest BCUT2D eigenvalue weighted by Gasteiger charge is -2.40. The van der Waals surface area contributed by atoms with E-state index in [1.165, 1.54) is 14.1 Å². The summed E-state index contributed by atoms with van der Waals surface area (Å²) in [4.78, 5) is 27.9. The summed E-state index contributed by atoms with van der Waals surface area (Å²) in [5.41, 5.74) is -0.394. The van der Waals surface area contributed by atoms with Crippen LogP contribution in [0.3, 0.4) is 0 Å². The molecule has 11 nitrogen and oxygen atoms in total. The number of hydrogen-bond acceptors (Lipinski definition) is 8. The van der Waals surface area contributed by atoms with Gasteiger partial charge in [-0.05, 0) is 0 Å². The molecule has 134 valence electrons. The number of aromatic nitrogens is 2. The van der Waals surface area contributed by atoms with Gasteiger partial charge in [0.25, 0.3) is 11.8 Å². The number of aliphatic hydroxyl groups excluding tert-OH is 4. The van der Waals surface area contributed by atoms with Crippen LogP contribution in [0.15, 0.2) is 6.33 Å². The monoisotopic (exact) mass is 344 g/mol. The zero-order valence-electron chi connectivity index (χ0n) is 13.1. The number of carbonyl (C=O) groups excluding carboxylic acids is 2. The van der Waals surface area contributed by atoms with Gasteiger partial charge in [0.05, 0.1) is 12.9 Å². The minimum absolute atomic E-state index is 0.193. The molecule has 0 aromatic carbocycles. The number of rotatable bonds is 4. The molecule has 0 unspecified atom stereocenters. The average molecular weight is 344 g/mol. The van der Waals surface area contributed by atoms with Crippen LogP contribution in [0.5, 0.6) is 0 Å². The highest BCUT2D eigenvalue weighted by Crippen LogP contribution is 2.30. The van der Waals surface area contributed by atoms with Gasteiger partial charge in [-0.2, -0.15) is 0 Å². The number of imidazole rings is 1. The molecule has 1 aromatic rings. The number of carbonyl (C=O) groups is 2. The highest BCUT2D eigenvalue weighted by atomic mass is 16.6. The molecule has 5 atom stereocenters. The van der Waals surface area contributed by atoms with Crippen LogP contribution in [0.4, 0.5) is 0 Å². The first kappa shape index (κ1) is 18.3. The zero-order chi connectivity index (χ0) is 18.0. The van der Waals surface area contributed by atoms with Gasteiger partial charge in [-0.3, -0.25) is 14.2 Å². The van der Waals surface area contributed by atoms with Gasteiger partial charge < -0.3 is 35.8 Å². The third kappa shape index (κ3) is 2.99. The van der Waals surface area contributed by atoms with E-state index in [0.29, 0.717) is 0 Å². The number of nitrogens with zero attached hydrogens (tertiary/aromatic N) is 2. The topological polar surface area (TPSA) is 166 Å². The standard InChI is InChI=1S/C13H20N4O7/c1-14-11(22)6-7(12(23)15-2)17(4-16-6)13-10(21)9(20)8(19)5(3-18)24-13/h4-5,8-10,13,18-21H,3H2,1-2H3,(H,14,22)(H,15,23)/t5-,8+,9+,10-,13+/m0/s1. The molecular formula is C13H20N4O7. The van der Waals surface area contributed by atoms with Gasteiger partial charge >= 0.3 is 0 Å². The van der Waals surface area contributed by atoms with E-state index >= 15 is 0 Å². The van der Waals surface area contributed by atoms with E-state index in [0.717, 1.165) is 10.9 Å². The summed E-state index contributed by atoms with van der Waals surface area (Å²) in [6, 6.07) is 0. The summed E-state index contributed by atoms with van der Waals surface area (Å²) in [5, 5.41) is 43.8. The van der Waals surface area contributed by atoms with Crippen LogP contribution >= 0.6 is 0 Å². The first-order valence-corrected chi connectivity index (χ1v) is 7.18. The summed E-state index contributed by atoms with van der Waals surface area (Å²) >= 11 is 0. The van der Waals surface area contributed by atoms with E-state index in [2.05, 4.69) is 15.6 Å². The Bertz CT molecular complexity index is 617. The summed E-state index contributed by atoms with van der Waals surface area (Å²) in [6.07, 6.45) is -6.16. The highest BCUT2D eigenvalue weighted by molar-refractivity contribution is 6.04. The van der Waals surface area contributed by atoms with Crippen molar-refractivity contribution < 1.29 is 34.8 Å². The minimum atomic E-state index is -1.62. The van der Waals surface area contributed by atoms with Gasteiger partial charge in [0.15, 0.2) is 11.9 Å². The van der Waals surface area contributed by atoms with Crippen molar-refractivity contribution in [3.8, 4) is 0 Å². The number of hydrogen-bond donors (Lipinski definition) is 6. The van der Waals surface area contributed by atoms with E-state index in [-0.39, 0.29) is 11.4 Å². The Labute approximate surface area is 136 Å². The van der Waals surface area contributed by atoms with Crippen molar-refractivity contribution in [2.75, 3.05) is 20.7 Å². The van der Waals surface area contributed by atoms with Crippen molar-refractivity contribution in [2.24, 2.45) is 0 Å². The van der Waals surface area contributed by atoms with E-state index in [4.69, 9.17) is 4.74 Å². The summed E-state index contributed by atoms with van der Waals surface area (Å²) in [7, 11) is 2.71. The third-order valence-electron chi connectivity index (χ3n) is 3.82. The van der Waals surface area contributed by atoms with E-state index in [1.54, 1.807) is 0 Å². The zero-order valence-corrected chi connectivity index (χ0v) is 13.1. The lowest BCUT2D eigenvalue weighted by Crippen LogP contribution is -2.56. The third-order valence-corrected chi connectivity index (χ3v) is 3.82. The van der Waals surface area contributed by atoms with Crippen LogP contribution in [0.1, 0.15) is 27.2 Å². The highest BCUT2D eigenvalue weighted by Gasteiger charge is 2.45. The molecule has 1 fully saturated rings. The molecule has 6 N–H and O–H groups in total. The maximum absolute atomic E-state index is 12.1. The summed E-state index contributed by atoms with van der Waals surface area (Å²) in [5.74, 6) is -1.29. The fourth-order valence-corrected chi connectivity index (χ4v) is 2.49. The minimum Gasteiger partial charge on any atom is -0.394 e. The molecular weight excluding hydrogens is 324 g/mol. The fourth-order valence-electron chi connectivity index (χ4n) is 2.49. The molecule has 2 heterocycles. The van der Waals surface area contributed by atoms with E-state index in [9.17, 15) is 30.0 Å². The SMILES string of the molecule is CNC(=O)c1ncn([C@@H]2O[C@@H](CO)[C@@H](O)[C@@H](O)[C@@H]2O)c1C(=O)NC. The van der Waals surface area contributed by atoms with Crippen LogP contribution < -0.4 is 10.6 Å². The Morgan fingerprint density at radius 3 is 2.33 bits per heavy atom. The maximum Gasteiger partial charge on any atom is 0.272 e.